The van der Waals surface area contributed by atoms with Crippen LogP contribution in [0.5, 0.6) is 0 Å². The fourth-order valence-electron chi connectivity index (χ4n) is 5.67. The van der Waals surface area contributed by atoms with Crippen molar-refractivity contribution in [1.82, 2.24) is 34.4 Å². The van der Waals surface area contributed by atoms with E-state index < -0.39 is 62.1 Å². The van der Waals surface area contributed by atoms with Gasteiger partial charge >= 0.3 is 11.7 Å². The third-order valence-corrected chi connectivity index (χ3v) is 10.0. The molecule has 0 aliphatic heterocycles. The first kappa shape index (κ1) is 39.0. The van der Waals surface area contributed by atoms with Crippen molar-refractivity contribution in [1.29, 1.82) is 0 Å². The van der Waals surface area contributed by atoms with Crippen LogP contribution >= 0.6 is 0 Å². The Morgan fingerprint density at radius 3 is 2.29 bits per heavy atom. The summed E-state index contributed by atoms with van der Waals surface area (Å²) in [6, 6.07) is 9.71. The molecule has 4 aromatic heterocycles. The molecule has 0 fully saturated rings. The number of carbonyl (C=O) groups excluding carboxylic acids is 2. The quantitative estimate of drug-likeness (QED) is 0.162. The Kier molecular flexibility index (Phi) is 11.4. The number of benzene rings is 2. The van der Waals surface area contributed by atoms with E-state index >= 15 is 8.78 Å². The third-order valence-electron chi connectivity index (χ3n) is 8.65. The molecule has 6 rings (SSSR count). The molecule has 1 amide bonds. The van der Waals surface area contributed by atoms with Crippen LogP contribution in [0.15, 0.2) is 100 Å². The monoisotopic (exact) mass is 786 g/mol. The number of hydrogen-bond acceptors (Lipinski definition) is 12. The summed E-state index contributed by atoms with van der Waals surface area (Å²) in [4.78, 5) is 68.1. The number of nitrogens with one attached hydrogen (secondary N) is 2. The lowest BCUT2D eigenvalue weighted by Crippen LogP contribution is -2.42. The summed E-state index contributed by atoms with van der Waals surface area (Å²) in [6.45, 7) is 0.222. The summed E-state index contributed by atoms with van der Waals surface area (Å²) in [7, 11) is -0.318. The number of sulfonamides is 1. The van der Waals surface area contributed by atoms with Crippen molar-refractivity contribution in [2.75, 3.05) is 18.9 Å². The molecule has 56 heavy (non-hydrogen) atoms. The lowest BCUT2D eigenvalue weighted by atomic mass is 10.1. The van der Waals surface area contributed by atoms with E-state index in [-0.39, 0.29) is 35.5 Å². The van der Waals surface area contributed by atoms with Gasteiger partial charge in [-0.25, -0.2) is 46.3 Å². The Labute approximate surface area is 316 Å². The predicted octanol–water partition coefficient (Wildman–Crippen LogP) is 3.07. The van der Waals surface area contributed by atoms with Crippen molar-refractivity contribution in [2.45, 2.75) is 30.4 Å². The molecule has 0 unspecified atom stereocenters. The SMILES string of the molecule is COCc1ncc(-c2ccc(S(=O)(=O)Nc3cc(F)c(C(=O)N[C@@H](CCc4ccc(-n5c(=O)c6ccncc6n(C)c5=O)nc4)C(=O)OC)cc3F)cc2)cn1. The van der Waals surface area contributed by atoms with Crippen LogP contribution in [0.4, 0.5) is 14.5 Å². The van der Waals surface area contributed by atoms with Gasteiger partial charge in [-0.05, 0) is 54.3 Å². The number of fused-ring (bicyclic) bond motifs is 1. The van der Waals surface area contributed by atoms with Gasteiger partial charge in [-0.3, -0.25) is 23.9 Å². The fraction of sp³-hybridized carbons (Fsp3) is 0.189. The van der Waals surface area contributed by atoms with Gasteiger partial charge in [0, 0.05) is 50.6 Å². The van der Waals surface area contributed by atoms with E-state index in [1.165, 1.54) is 73.7 Å². The number of aromatic nitrogens is 6. The maximum atomic E-state index is 15.2. The van der Waals surface area contributed by atoms with Gasteiger partial charge in [-0.15, -0.1) is 0 Å². The highest BCUT2D eigenvalue weighted by Crippen LogP contribution is 2.25. The second kappa shape index (κ2) is 16.3. The molecule has 4 heterocycles. The normalized spacial score (nSPS) is 11.9. The van der Waals surface area contributed by atoms with Crippen LogP contribution in [0.1, 0.15) is 28.2 Å². The topological polar surface area (TPSA) is 206 Å². The highest BCUT2D eigenvalue weighted by Gasteiger charge is 2.26. The maximum Gasteiger partial charge on any atom is 0.337 e. The molecule has 0 aliphatic rings. The van der Waals surface area contributed by atoms with Gasteiger partial charge in [-0.2, -0.15) is 0 Å². The minimum atomic E-state index is -4.41. The largest absolute Gasteiger partial charge is 0.467 e. The van der Waals surface area contributed by atoms with Crippen LogP contribution in [-0.4, -0.2) is 69.6 Å². The molecule has 16 nitrogen and oxygen atoms in total. The first-order chi connectivity index (χ1) is 26.8. The number of rotatable bonds is 13. The van der Waals surface area contributed by atoms with Crippen LogP contribution in [0.25, 0.3) is 27.8 Å². The van der Waals surface area contributed by atoms with Gasteiger partial charge in [0.1, 0.15) is 30.1 Å². The van der Waals surface area contributed by atoms with E-state index in [4.69, 9.17) is 9.47 Å². The summed E-state index contributed by atoms with van der Waals surface area (Å²) >= 11 is 0. The average Bonchev–Trinajstić information content (AvgIpc) is 3.20. The summed E-state index contributed by atoms with van der Waals surface area (Å²) in [5.41, 5.74) is -0.684. The van der Waals surface area contributed by atoms with Gasteiger partial charge in [0.15, 0.2) is 5.82 Å². The molecule has 0 spiro atoms. The number of ether oxygens (including phenoxy) is 2. The maximum absolute atomic E-state index is 15.2. The first-order valence-electron chi connectivity index (χ1n) is 16.6. The number of anilines is 1. The summed E-state index contributed by atoms with van der Waals surface area (Å²) in [5.74, 6) is -4.07. The van der Waals surface area contributed by atoms with E-state index in [1.807, 2.05) is 4.72 Å². The Balaban J connectivity index is 1.12. The number of esters is 1. The summed E-state index contributed by atoms with van der Waals surface area (Å²) in [6.07, 6.45) is 7.36. The Morgan fingerprint density at radius 2 is 1.62 bits per heavy atom. The number of methoxy groups -OCH3 is 2. The van der Waals surface area contributed by atoms with Crippen LogP contribution in [-0.2, 0) is 44.4 Å². The minimum Gasteiger partial charge on any atom is -0.467 e. The van der Waals surface area contributed by atoms with Crippen LogP contribution in [0, 0.1) is 11.6 Å². The lowest BCUT2D eigenvalue weighted by molar-refractivity contribution is -0.143. The molecule has 288 valence electrons. The third kappa shape index (κ3) is 8.17. The molecule has 0 saturated heterocycles. The molecule has 0 bridgehead atoms. The molecule has 0 radical (unpaired) electrons. The van der Waals surface area contributed by atoms with E-state index in [0.717, 1.165) is 11.7 Å². The molecular formula is C37H32F2N8O8S. The number of pyridine rings is 2. The average molecular weight is 787 g/mol. The minimum absolute atomic E-state index is 0.0490. The highest BCUT2D eigenvalue weighted by molar-refractivity contribution is 7.92. The first-order valence-corrected chi connectivity index (χ1v) is 18.1. The zero-order valence-corrected chi connectivity index (χ0v) is 30.7. The molecule has 0 aliphatic carbocycles. The van der Waals surface area contributed by atoms with Crippen molar-refractivity contribution < 1.29 is 36.3 Å². The number of nitrogens with zero attached hydrogens (tertiary/aromatic N) is 6. The van der Waals surface area contributed by atoms with E-state index in [1.54, 1.807) is 18.5 Å². The van der Waals surface area contributed by atoms with Gasteiger partial charge < -0.3 is 14.8 Å². The highest BCUT2D eigenvalue weighted by atomic mass is 32.2. The Hall–Kier alpha value is -6.73. The predicted molar refractivity (Wildman–Crippen MR) is 197 cm³/mol. The second-order valence-electron chi connectivity index (χ2n) is 12.3. The molecule has 2 N–H and O–H groups in total. The Bertz CT molecular complexity index is 2670. The number of halogens is 2. The van der Waals surface area contributed by atoms with Crippen molar-refractivity contribution in [3.63, 3.8) is 0 Å². The van der Waals surface area contributed by atoms with Crippen molar-refractivity contribution in [3.8, 4) is 16.9 Å². The van der Waals surface area contributed by atoms with E-state index in [2.05, 4.69) is 25.3 Å². The Morgan fingerprint density at radius 1 is 0.893 bits per heavy atom. The smallest absolute Gasteiger partial charge is 0.337 e. The molecule has 2 aromatic carbocycles. The molecule has 1 atom stereocenters. The molecule has 6 aromatic rings. The zero-order valence-electron chi connectivity index (χ0n) is 29.9. The molecule has 19 heteroatoms. The van der Waals surface area contributed by atoms with Crippen molar-refractivity contribution in [3.05, 3.63) is 135 Å². The van der Waals surface area contributed by atoms with Crippen molar-refractivity contribution in [2.24, 2.45) is 7.05 Å². The second-order valence-corrected chi connectivity index (χ2v) is 13.9. The van der Waals surface area contributed by atoms with Gasteiger partial charge in [0.2, 0.25) is 0 Å². The zero-order chi connectivity index (χ0) is 40.1. The number of hydrogen-bond donors (Lipinski definition) is 2. The van der Waals surface area contributed by atoms with E-state index in [9.17, 15) is 27.6 Å². The van der Waals surface area contributed by atoms with Gasteiger partial charge in [0.25, 0.3) is 21.5 Å². The van der Waals surface area contributed by atoms with Crippen LogP contribution in [0.2, 0.25) is 0 Å². The van der Waals surface area contributed by atoms with E-state index in [0.29, 0.717) is 40.2 Å². The lowest BCUT2D eigenvalue weighted by Gasteiger charge is -2.17. The standard InChI is InChI=1S/C37H32F2N8O8S/c1-46-31-19-40-13-12-25(31)35(49)47(37(46)51)33-11-5-21(16-43-33)4-10-29(36(50)55-3)44-34(48)26-14-28(39)30(15-27(26)38)45-56(52,53)24-8-6-22(7-9-24)23-17-41-32(20-54-2)42-18-23/h5-9,11-19,29,45H,4,10,20H2,1-3H3,(H,44,48)/t29-/m0/s1. The van der Waals surface area contributed by atoms with Crippen LogP contribution in [0.3, 0.4) is 0 Å². The van der Waals surface area contributed by atoms with Crippen molar-refractivity contribution >= 4 is 38.5 Å². The van der Waals surface area contributed by atoms with Gasteiger partial charge in [-0.1, -0.05) is 18.2 Å². The fourth-order valence-corrected chi connectivity index (χ4v) is 6.73. The molecular weight excluding hydrogens is 755 g/mol. The number of aryl methyl sites for hydroxylation is 2. The molecule has 0 saturated carbocycles. The van der Waals surface area contributed by atoms with Gasteiger partial charge in [0.05, 0.1) is 40.4 Å². The summed E-state index contributed by atoms with van der Waals surface area (Å²) < 4.78 is 70.5. The summed E-state index contributed by atoms with van der Waals surface area (Å²) in [5, 5.41) is 2.59. The number of carbonyl (C=O) groups is 2. The van der Waals surface area contributed by atoms with Crippen LogP contribution < -0.4 is 21.3 Å². The number of amides is 1.